The number of carboxylic acid groups (broad SMARTS) is 1. The normalized spacial score (nSPS) is 16.9. The third kappa shape index (κ3) is 4.28. The van der Waals surface area contributed by atoms with Crippen LogP contribution in [0.3, 0.4) is 0 Å². The number of carboxylic acids is 1. The van der Waals surface area contributed by atoms with E-state index in [1.54, 1.807) is 11.9 Å². The number of carbonyl (C=O) groups excluding carboxylic acids is 1. The lowest BCUT2D eigenvalue weighted by Gasteiger charge is -2.23. The van der Waals surface area contributed by atoms with E-state index >= 15 is 0 Å². The minimum atomic E-state index is -1.10. The fourth-order valence-electron chi connectivity index (χ4n) is 2.24. The summed E-state index contributed by atoms with van der Waals surface area (Å²) in [6, 6.07) is -1.38. The van der Waals surface area contributed by atoms with Crippen LogP contribution in [0, 0.1) is 18.3 Å². The van der Waals surface area contributed by atoms with Gasteiger partial charge in [-0.3, -0.25) is 0 Å². The average molecular weight is 252 g/mol. The van der Waals surface area contributed by atoms with E-state index in [1.165, 1.54) is 12.8 Å². The maximum Gasteiger partial charge on any atom is 0.327 e. The lowest BCUT2D eigenvalue weighted by atomic mass is 10.1. The molecule has 18 heavy (non-hydrogen) atoms. The zero-order valence-corrected chi connectivity index (χ0v) is 10.7. The fourth-order valence-corrected chi connectivity index (χ4v) is 2.24. The standard InChI is InChI=1S/C13H20N2O3/c1-3-6-11(12(16)17)14-13(18)15(2)9-10-7-4-5-8-10/h1,10-11H,4-9H2,2H3,(H,14,18)(H,16,17). The molecule has 2 amide bonds. The van der Waals surface area contributed by atoms with Crippen LogP contribution in [-0.4, -0.2) is 41.6 Å². The zero-order valence-electron chi connectivity index (χ0n) is 10.7. The predicted molar refractivity (Wildman–Crippen MR) is 68.0 cm³/mol. The number of terminal acetylenes is 1. The van der Waals surface area contributed by atoms with Gasteiger partial charge < -0.3 is 15.3 Å². The molecule has 5 nitrogen and oxygen atoms in total. The molecule has 1 atom stereocenters. The van der Waals surface area contributed by atoms with Crippen molar-refractivity contribution < 1.29 is 14.7 Å². The summed E-state index contributed by atoms with van der Waals surface area (Å²) < 4.78 is 0. The van der Waals surface area contributed by atoms with Gasteiger partial charge in [0.2, 0.25) is 0 Å². The van der Waals surface area contributed by atoms with Crippen molar-refractivity contribution in [1.29, 1.82) is 0 Å². The Morgan fingerprint density at radius 1 is 1.50 bits per heavy atom. The third-order valence-corrected chi connectivity index (χ3v) is 3.27. The van der Waals surface area contributed by atoms with Crippen LogP contribution >= 0.6 is 0 Å². The number of rotatable bonds is 5. The quantitative estimate of drug-likeness (QED) is 0.724. The molecule has 0 radical (unpaired) electrons. The Morgan fingerprint density at radius 3 is 2.61 bits per heavy atom. The van der Waals surface area contributed by atoms with Gasteiger partial charge in [0.1, 0.15) is 6.04 Å². The largest absolute Gasteiger partial charge is 0.480 e. The summed E-state index contributed by atoms with van der Waals surface area (Å²) in [5, 5.41) is 11.3. The fraction of sp³-hybridized carbons (Fsp3) is 0.692. The van der Waals surface area contributed by atoms with Crippen LogP contribution in [-0.2, 0) is 4.79 Å². The van der Waals surface area contributed by atoms with Crippen molar-refractivity contribution in [3.8, 4) is 12.3 Å². The molecule has 5 heteroatoms. The summed E-state index contributed by atoms with van der Waals surface area (Å²) in [5.41, 5.74) is 0. The number of hydrogen-bond donors (Lipinski definition) is 2. The van der Waals surface area contributed by atoms with Crippen LogP contribution < -0.4 is 5.32 Å². The molecule has 0 spiro atoms. The van der Waals surface area contributed by atoms with Gasteiger partial charge in [0.15, 0.2) is 0 Å². The Morgan fingerprint density at radius 2 is 2.11 bits per heavy atom. The molecular weight excluding hydrogens is 232 g/mol. The van der Waals surface area contributed by atoms with E-state index in [0.717, 1.165) is 12.8 Å². The second-order valence-electron chi connectivity index (χ2n) is 4.78. The molecule has 1 aliphatic rings. The molecule has 0 saturated heterocycles. The van der Waals surface area contributed by atoms with Crippen LogP contribution in [0.25, 0.3) is 0 Å². The highest BCUT2D eigenvalue weighted by Gasteiger charge is 2.23. The summed E-state index contributed by atoms with van der Waals surface area (Å²) in [5.74, 6) is 1.69. The van der Waals surface area contributed by atoms with E-state index in [4.69, 9.17) is 11.5 Å². The molecular formula is C13H20N2O3. The van der Waals surface area contributed by atoms with Gasteiger partial charge in [-0.05, 0) is 18.8 Å². The second-order valence-corrected chi connectivity index (χ2v) is 4.78. The highest BCUT2D eigenvalue weighted by Crippen LogP contribution is 2.25. The first-order valence-corrected chi connectivity index (χ1v) is 6.22. The van der Waals surface area contributed by atoms with Gasteiger partial charge in [-0.15, -0.1) is 12.3 Å². The Hall–Kier alpha value is -1.70. The van der Waals surface area contributed by atoms with Crippen molar-refractivity contribution in [3.05, 3.63) is 0 Å². The predicted octanol–water partition coefficient (Wildman–Crippen LogP) is 1.29. The van der Waals surface area contributed by atoms with Crippen molar-refractivity contribution in [2.45, 2.75) is 38.1 Å². The Labute approximate surface area is 108 Å². The van der Waals surface area contributed by atoms with Crippen molar-refractivity contribution >= 4 is 12.0 Å². The highest BCUT2D eigenvalue weighted by molar-refractivity contribution is 5.82. The van der Waals surface area contributed by atoms with Crippen LogP contribution in [0.1, 0.15) is 32.1 Å². The summed E-state index contributed by atoms with van der Waals surface area (Å²) in [6.45, 7) is 0.675. The number of nitrogens with one attached hydrogen (secondary N) is 1. The lowest BCUT2D eigenvalue weighted by Crippen LogP contribution is -2.47. The van der Waals surface area contributed by atoms with Crippen molar-refractivity contribution in [2.24, 2.45) is 5.92 Å². The Balaban J connectivity index is 2.42. The number of aliphatic carboxylic acids is 1. The molecule has 2 N–H and O–H groups in total. The maximum atomic E-state index is 11.8. The monoisotopic (exact) mass is 252 g/mol. The minimum absolute atomic E-state index is 0.00164. The van der Waals surface area contributed by atoms with E-state index in [9.17, 15) is 9.59 Å². The molecule has 1 aliphatic carbocycles. The molecule has 0 bridgehead atoms. The van der Waals surface area contributed by atoms with Gasteiger partial charge in [0, 0.05) is 20.0 Å². The number of amides is 2. The van der Waals surface area contributed by atoms with Gasteiger partial charge in [-0.2, -0.15) is 0 Å². The van der Waals surface area contributed by atoms with E-state index < -0.39 is 12.0 Å². The van der Waals surface area contributed by atoms with Gasteiger partial charge in [0.05, 0.1) is 0 Å². The first-order chi connectivity index (χ1) is 8.54. The van der Waals surface area contributed by atoms with Gasteiger partial charge in [-0.25, -0.2) is 9.59 Å². The summed E-state index contributed by atoms with van der Waals surface area (Å²) in [6.07, 6.45) is 9.79. The average Bonchev–Trinajstić information content (AvgIpc) is 2.80. The maximum absolute atomic E-state index is 11.8. The van der Waals surface area contributed by atoms with Gasteiger partial charge in [-0.1, -0.05) is 12.8 Å². The van der Waals surface area contributed by atoms with Crippen LogP contribution in [0.5, 0.6) is 0 Å². The topological polar surface area (TPSA) is 69.6 Å². The first kappa shape index (κ1) is 14.4. The molecule has 0 aromatic carbocycles. The highest BCUT2D eigenvalue weighted by atomic mass is 16.4. The molecule has 1 saturated carbocycles. The van der Waals surface area contributed by atoms with E-state index in [-0.39, 0.29) is 12.5 Å². The smallest absolute Gasteiger partial charge is 0.327 e. The molecule has 0 aromatic heterocycles. The summed E-state index contributed by atoms with van der Waals surface area (Å²) >= 11 is 0. The molecule has 0 heterocycles. The minimum Gasteiger partial charge on any atom is -0.480 e. The van der Waals surface area contributed by atoms with E-state index in [1.807, 2.05) is 0 Å². The SMILES string of the molecule is C#CCC(NC(=O)N(C)CC1CCCC1)C(=O)O. The van der Waals surface area contributed by atoms with Crippen molar-refractivity contribution in [1.82, 2.24) is 10.2 Å². The van der Waals surface area contributed by atoms with Crippen molar-refractivity contribution in [2.75, 3.05) is 13.6 Å². The molecule has 1 fully saturated rings. The van der Waals surface area contributed by atoms with E-state index in [0.29, 0.717) is 12.5 Å². The molecule has 1 unspecified atom stereocenters. The molecule has 0 aliphatic heterocycles. The van der Waals surface area contributed by atoms with E-state index in [2.05, 4.69) is 11.2 Å². The van der Waals surface area contributed by atoms with Crippen molar-refractivity contribution in [3.63, 3.8) is 0 Å². The van der Waals surface area contributed by atoms with Crippen LogP contribution in [0.2, 0.25) is 0 Å². The first-order valence-electron chi connectivity index (χ1n) is 6.22. The summed E-state index contributed by atoms with van der Waals surface area (Å²) in [7, 11) is 1.68. The molecule has 1 rings (SSSR count). The summed E-state index contributed by atoms with van der Waals surface area (Å²) in [4.78, 5) is 24.2. The number of nitrogens with zero attached hydrogens (tertiary/aromatic N) is 1. The Bertz CT molecular complexity index is 343. The Kier molecular flexibility index (Phi) is 5.50. The third-order valence-electron chi connectivity index (χ3n) is 3.27. The number of hydrogen-bond acceptors (Lipinski definition) is 2. The van der Waals surface area contributed by atoms with Gasteiger partial charge in [0.25, 0.3) is 0 Å². The molecule has 0 aromatic rings. The van der Waals surface area contributed by atoms with Crippen LogP contribution in [0.4, 0.5) is 4.79 Å². The lowest BCUT2D eigenvalue weighted by molar-refractivity contribution is -0.139. The molecule has 100 valence electrons. The number of carbonyl (C=O) groups is 2. The van der Waals surface area contributed by atoms with Gasteiger partial charge >= 0.3 is 12.0 Å². The number of urea groups is 1. The second kappa shape index (κ2) is 6.90. The zero-order chi connectivity index (χ0) is 13.5. The van der Waals surface area contributed by atoms with Crippen LogP contribution in [0.15, 0.2) is 0 Å².